The first kappa shape index (κ1) is 12.4. The Morgan fingerprint density at radius 1 is 1.18 bits per heavy atom. The van der Waals surface area contributed by atoms with Gasteiger partial charge in [0.05, 0.1) is 0 Å². The molecule has 1 fully saturated rings. The summed E-state index contributed by atoms with van der Waals surface area (Å²) < 4.78 is 0. The average Bonchev–Trinajstić information content (AvgIpc) is 2.44. The Labute approximate surface area is 105 Å². The van der Waals surface area contributed by atoms with Gasteiger partial charge in [-0.05, 0) is 57.9 Å². The van der Waals surface area contributed by atoms with E-state index in [2.05, 4.69) is 56.1 Å². The van der Waals surface area contributed by atoms with Crippen LogP contribution in [-0.2, 0) is 0 Å². The summed E-state index contributed by atoms with van der Waals surface area (Å²) in [4.78, 5) is 2.56. The number of aryl methyl sites for hydroxylation is 1. The third-order valence-corrected chi connectivity index (χ3v) is 4.02. The second kappa shape index (κ2) is 4.69. The van der Waals surface area contributed by atoms with Gasteiger partial charge in [-0.1, -0.05) is 12.1 Å². The predicted octanol–water partition coefficient (Wildman–Crippen LogP) is 2.88. The number of rotatable bonds is 1. The molecule has 2 rings (SSSR count). The van der Waals surface area contributed by atoms with E-state index in [4.69, 9.17) is 0 Å². The maximum Gasteiger partial charge on any atom is 0.0403 e. The van der Waals surface area contributed by atoms with Gasteiger partial charge in [-0.25, -0.2) is 0 Å². The minimum absolute atomic E-state index is 0.238. The Bertz CT molecular complexity index is 396. The van der Waals surface area contributed by atoms with Crippen LogP contribution in [0.2, 0.25) is 0 Å². The first-order valence-corrected chi connectivity index (χ1v) is 6.57. The second-order valence-corrected chi connectivity index (χ2v) is 5.68. The van der Waals surface area contributed by atoms with E-state index in [0.717, 1.165) is 19.6 Å². The van der Waals surface area contributed by atoms with Gasteiger partial charge in [-0.15, -0.1) is 0 Å². The van der Waals surface area contributed by atoms with Gasteiger partial charge >= 0.3 is 0 Å². The fourth-order valence-electron chi connectivity index (χ4n) is 2.62. The largest absolute Gasteiger partial charge is 0.365 e. The van der Waals surface area contributed by atoms with Crippen LogP contribution in [0.3, 0.4) is 0 Å². The van der Waals surface area contributed by atoms with Gasteiger partial charge in [0.15, 0.2) is 0 Å². The van der Waals surface area contributed by atoms with Crippen LogP contribution in [0.1, 0.15) is 31.4 Å². The number of hydrogen-bond donors (Lipinski definition) is 1. The lowest BCUT2D eigenvalue weighted by atomic mass is 9.96. The Hall–Kier alpha value is -1.02. The summed E-state index contributed by atoms with van der Waals surface area (Å²) in [6.07, 6.45) is 1.19. The zero-order chi connectivity index (χ0) is 12.5. The summed E-state index contributed by atoms with van der Waals surface area (Å²) in [5.74, 6) is 0. The summed E-state index contributed by atoms with van der Waals surface area (Å²) >= 11 is 0. The van der Waals surface area contributed by atoms with E-state index in [-0.39, 0.29) is 5.54 Å². The molecule has 0 spiro atoms. The van der Waals surface area contributed by atoms with Crippen LogP contribution in [0, 0.1) is 13.8 Å². The first-order valence-electron chi connectivity index (χ1n) is 6.57. The molecule has 1 aromatic carbocycles. The van der Waals surface area contributed by atoms with Gasteiger partial charge in [0, 0.05) is 24.3 Å². The molecule has 1 aromatic rings. The molecule has 2 heteroatoms. The van der Waals surface area contributed by atoms with E-state index in [1.165, 1.54) is 23.2 Å². The molecule has 1 N–H and O–H groups in total. The van der Waals surface area contributed by atoms with Crippen LogP contribution in [0.5, 0.6) is 0 Å². The third kappa shape index (κ3) is 2.47. The van der Waals surface area contributed by atoms with Gasteiger partial charge < -0.3 is 10.2 Å². The van der Waals surface area contributed by atoms with Crippen molar-refractivity contribution in [3.05, 3.63) is 29.3 Å². The van der Waals surface area contributed by atoms with Gasteiger partial charge in [-0.2, -0.15) is 0 Å². The summed E-state index contributed by atoms with van der Waals surface area (Å²) in [6.45, 7) is 12.4. The Morgan fingerprint density at radius 2 is 1.94 bits per heavy atom. The maximum absolute atomic E-state index is 3.50. The highest BCUT2D eigenvalue weighted by Gasteiger charge is 2.29. The van der Waals surface area contributed by atoms with Crippen molar-refractivity contribution in [2.75, 3.05) is 24.5 Å². The monoisotopic (exact) mass is 232 g/mol. The topological polar surface area (TPSA) is 15.3 Å². The Kier molecular flexibility index (Phi) is 3.43. The summed E-state index contributed by atoms with van der Waals surface area (Å²) in [5.41, 5.74) is 4.44. The quantitative estimate of drug-likeness (QED) is 0.801. The molecular formula is C15H24N2. The van der Waals surface area contributed by atoms with Crippen LogP contribution in [0.4, 0.5) is 5.69 Å². The average molecular weight is 232 g/mol. The highest BCUT2D eigenvalue weighted by Crippen LogP contribution is 2.31. The normalized spacial score (nSPS) is 20.1. The standard InChI is InChI=1S/C15H24N2/c1-12-6-5-7-14(13(12)2)17-11-10-16-9-8-15(17,3)4/h5-7,16H,8-11H2,1-4H3. The molecule has 0 radical (unpaired) electrons. The molecule has 0 aliphatic carbocycles. The van der Waals surface area contributed by atoms with Crippen molar-refractivity contribution < 1.29 is 0 Å². The fourth-order valence-corrected chi connectivity index (χ4v) is 2.62. The van der Waals surface area contributed by atoms with Crippen molar-refractivity contribution in [3.63, 3.8) is 0 Å². The molecule has 2 nitrogen and oxygen atoms in total. The van der Waals surface area contributed by atoms with E-state index in [9.17, 15) is 0 Å². The minimum Gasteiger partial charge on any atom is -0.365 e. The molecule has 0 saturated carbocycles. The highest BCUT2D eigenvalue weighted by atomic mass is 15.2. The third-order valence-electron chi connectivity index (χ3n) is 4.02. The fraction of sp³-hybridized carbons (Fsp3) is 0.600. The summed E-state index contributed by atoms with van der Waals surface area (Å²) in [7, 11) is 0. The van der Waals surface area contributed by atoms with Gasteiger partial charge in [0.1, 0.15) is 0 Å². The zero-order valence-corrected chi connectivity index (χ0v) is 11.5. The van der Waals surface area contributed by atoms with E-state index in [1.807, 2.05) is 0 Å². The van der Waals surface area contributed by atoms with Gasteiger partial charge in [-0.3, -0.25) is 0 Å². The smallest absolute Gasteiger partial charge is 0.0403 e. The molecule has 94 valence electrons. The van der Waals surface area contributed by atoms with E-state index >= 15 is 0 Å². The molecule has 1 aliphatic heterocycles. The summed E-state index contributed by atoms with van der Waals surface area (Å²) in [5, 5.41) is 3.50. The first-order chi connectivity index (χ1) is 8.02. The van der Waals surface area contributed by atoms with Crippen molar-refractivity contribution in [3.8, 4) is 0 Å². The lowest BCUT2D eigenvalue weighted by Gasteiger charge is -2.40. The van der Waals surface area contributed by atoms with Crippen LogP contribution in [0.15, 0.2) is 18.2 Å². The molecule has 17 heavy (non-hydrogen) atoms. The van der Waals surface area contributed by atoms with Crippen molar-refractivity contribution in [1.29, 1.82) is 0 Å². The minimum atomic E-state index is 0.238. The van der Waals surface area contributed by atoms with Gasteiger partial charge in [0.2, 0.25) is 0 Å². The molecule has 1 heterocycles. The number of benzene rings is 1. The molecule has 0 aromatic heterocycles. The SMILES string of the molecule is Cc1cccc(N2CCNCCC2(C)C)c1C. The number of hydrogen-bond acceptors (Lipinski definition) is 2. The van der Waals surface area contributed by atoms with Crippen molar-refractivity contribution >= 4 is 5.69 Å². The molecule has 0 bridgehead atoms. The molecule has 0 atom stereocenters. The molecule has 1 aliphatic rings. The Balaban J connectivity index is 2.39. The van der Waals surface area contributed by atoms with E-state index in [0.29, 0.717) is 0 Å². The lowest BCUT2D eigenvalue weighted by molar-refractivity contribution is 0.453. The van der Waals surface area contributed by atoms with Gasteiger partial charge in [0.25, 0.3) is 0 Å². The van der Waals surface area contributed by atoms with Crippen LogP contribution in [0.25, 0.3) is 0 Å². The van der Waals surface area contributed by atoms with Crippen molar-refractivity contribution in [2.24, 2.45) is 0 Å². The summed E-state index contributed by atoms with van der Waals surface area (Å²) in [6, 6.07) is 6.63. The maximum atomic E-state index is 3.50. The van der Waals surface area contributed by atoms with Crippen molar-refractivity contribution in [2.45, 2.75) is 39.7 Å². The second-order valence-electron chi connectivity index (χ2n) is 5.68. The van der Waals surface area contributed by atoms with E-state index in [1.54, 1.807) is 0 Å². The molecule has 1 saturated heterocycles. The van der Waals surface area contributed by atoms with Crippen LogP contribution >= 0.6 is 0 Å². The number of nitrogens with one attached hydrogen (secondary N) is 1. The van der Waals surface area contributed by atoms with Crippen molar-refractivity contribution in [1.82, 2.24) is 5.32 Å². The highest BCUT2D eigenvalue weighted by molar-refractivity contribution is 5.57. The van der Waals surface area contributed by atoms with Crippen LogP contribution in [-0.4, -0.2) is 25.2 Å². The zero-order valence-electron chi connectivity index (χ0n) is 11.5. The molecular weight excluding hydrogens is 208 g/mol. The molecule has 0 amide bonds. The van der Waals surface area contributed by atoms with Crippen LogP contribution < -0.4 is 10.2 Å². The number of anilines is 1. The van der Waals surface area contributed by atoms with E-state index < -0.39 is 0 Å². The molecule has 0 unspecified atom stereocenters. The Morgan fingerprint density at radius 3 is 2.71 bits per heavy atom. The lowest BCUT2D eigenvalue weighted by Crippen LogP contribution is -2.45. The predicted molar refractivity (Wildman–Crippen MR) is 74.8 cm³/mol. The number of nitrogens with zero attached hydrogens (tertiary/aromatic N) is 1.